The number of amides is 1. The number of hydrogen-bond acceptors (Lipinski definition) is 4. The van der Waals surface area contributed by atoms with E-state index in [-0.39, 0.29) is 16.3 Å². The molecule has 6 nitrogen and oxygen atoms in total. The lowest BCUT2D eigenvalue weighted by Gasteiger charge is -2.19. The van der Waals surface area contributed by atoms with Crippen molar-refractivity contribution in [3.8, 4) is 28.3 Å². The largest absolute Gasteiger partial charge is 0.386 e. The molecule has 1 unspecified atom stereocenters. The number of carbonyl (C=O) groups is 1. The van der Waals surface area contributed by atoms with Crippen molar-refractivity contribution in [3.63, 3.8) is 0 Å². The Morgan fingerprint density at radius 3 is 1.95 bits per heavy atom. The molecule has 192 valence electrons. The molecule has 0 heterocycles. The lowest BCUT2D eigenvalue weighted by atomic mass is 9.88. The van der Waals surface area contributed by atoms with Gasteiger partial charge >= 0.3 is 0 Å². The highest BCUT2D eigenvalue weighted by atomic mass is 35.5. The third kappa shape index (κ3) is 6.01. The van der Waals surface area contributed by atoms with Gasteiger partial charge in [-0.15, -0.1) is 4.36 Å². The van der Waals surface area contributed by atoms with Crippen LogP contribution in [0, 0.1) is 11.3 Å². The molecule has 1 atom stereocenters. The lowest BCUT2D eigenvalue weighted by molar-refractivity contribution is -0.117. The molecule has 4 aromatic carbocycles. The first-order valence-electron chi connectivity index (χ1n) is 11.8. The molecule has 4 rings (SSSR count). The van der Waals surface area contributed by atoms with Gasteiger partial charge in [0.2, 0.25) is 0 Å². The van der Waals surface area contributed by atoms with E-state index < -0.39 is 21.4 Å². The zero-order chi connectivity index (χ0) is 27.5. The summed E-state index contributed by atoms with van der Waals surface area (Å²) in [5.41, 5.74) is 3.45. The fourth-order valence-corrected chi connectivity index (χ4v) is 5.76. The second kappa shape index (κ2) is 10.9. The van der Waals surface area contributed by atoms with Gasteiger partial charge in [0.05, 0.1) is 33.6 Å². The summed E-state index contributed by atoms with van der Waals surface area (Å²) in [4.78, 5) is 13.3. The van der Waals surface area contributed by atoms with Gasteiger partial charge in [-0.25, -0.2) is 9.35 Å². The highest BCUT2D eigenvalue weighted by molar-refractivity contribution is 7.91. The standard InChI is InChI=1S/C30H26ClN3O3S/c1-30(2,36)23-13-14-28(27(31)17-23)38(33,37)34-29(35)18-26-24(21-9-5-3-6-10-21)15-20(19-32)16-25(26)22-11-7-4-8-12-22/h3-17,36H,18H2,1-2H3,(H2,33,34,35,37). The number of nitriles is 1. The third-order valence-corrected chi connectivity index (χ3v) is 7.95. The number of nitrogens with two attached hydrogens (primary N) is 1. The summed E-state index contributed by atoms with van der Waals surface area (Å²) in [5.74, 6) is -0.695. The zero-order valence-electron chi connectivity index (χ0n) is 20.9. The molecule has 0 aromatic heterocycles. The summed E-state index contributed by atoms with van der Waals surface area (Å²) in [6.07, 6.45) is -0.201. The maximum Gasteiger partial charge on any atom is 0.259 e. The van der Waals surface area contributed by atoms with Crippen LogP contribution in [0.5, 0.6) is 0 Å². The first kappa shape index (κ1) is 27.2. The van der Waals surface area contributed by atoms with Crippen molar-refractivity contribution in [2.75, 3.05) is 0 Å². The Balaban J connectivity index is 1.83. The highest BCUT2D eigenvalue weighted by Crippen LogP contribution is 2.35. The second-order valence-corrected chi connectivity index (χ2v) is 11.5. The summed E-state index contributed by atoms with van der Waals surface area (Å²) in [6.45, 7) is 3.19. The predicted molar refractivity (Wildman–Crippen MR) is 150 cm³/mol. The number of hydrogen-bond donors (Lipinski definition) is 2. The quantitative estimate of drug-likeness (QED) is 0.299. The van der Waals surface area contributed by atoms with E-state index in [2.05, 4.69) is 10.4 Å². The smallest absolute Gasteiger partial charge is 0.259 e. The van der Waals surface area contributed by atoms with Crippen LogP contribution in [-0.4, -0.2) is 15.2 Å². The van der Waals surface area contributed by atoms with Crippen LogP contribution in [0.4, 0.5) is 0 Å². The van der Waals surface area contributed by atoms with Crippen molar-refractivity contribution in [1.82, 2.24) is 0 Å². The summed E-state index contributed by atoms with van der Waals surface area (Å²) in [6, 6.07) is 28.9. The number of halogens is 1. The van der Waals surface area contributed by atoms with Crippen LogP contribution in [0.3, 0.4) is 0 Å². The number of benzene rings is 4. The van der Waals surface area contributed by atoms with E-state index in [4.69, 9.17) is 16.7 Å². The van der Waals surface area contributed by atoms with Gasteiger partial charge in [-0.1, -0.05) is 78.3 Å². The zero-order valence-corrected chi connectivity index (χ0v) is 22.5. The van der Waals surface area contributed by atoms with E-state index in [0.29, 0.717) is 27.8 Å². The Morgan fingerprint density at radius 2 is 1.50 bits per heavy atom. The van der Waals surface area contributed by atoms with Crippen LogP contribution in [0.1, 0.15) is 30.5 Å². The van der Waals surface area contributed by atoms with Crippen LogP contribution >= 0.6 is 11.6 Å². The van der Waals surface area contributed by atoms with E-state index in [9.17, 15) is 19.4 Å². The van der Waals surface area contributed by atoms with Crippen molar-refractivity contribution in [3.05, 3.63) is 113 Å². The molecular formula is C30H26ClN3O3S. The predicted octanol–water partition coefficient (Wildman–Crippen LogP) is 6.24. The number of nitrogens with zero attached hydrogens (tertiary/aromatic N) is 2. The van der Waals surface area contributed by atoms with Crippen molar-refractivity contribution >= 4 is 27.4 Å². The monoisotopic (exact) mass is 543 g/mol. The van der Waals surface area contributed by atoms with Crippen LogP contribution in [-0.2, 0) is 26.7 Å². The molecule has 3 N–H and O–H groups in total. The molecular weight excluding hydrogens is 518 g/mol. The van der Waals surface area contributed by atoms with Gasteiger partial charge in [-0.2, -0.15) is 5.26 Å². The molecule has 0 aliphatic carbocycles. The maximum absolute atomic E-state index is 13.4. The molecule has 0 fully saturated rings. The average Bonchev–Trinajstić information content (AvgIpc) is 2.88. The van der Waals surface area contributed by atoms with Gasteiger partial charge in [0.1, 0.15) is 9.92 Å². The molecule has 0 saturated heterocycles. The Morgan fingerprint density at radius 1 is 0.974 bits per heavy atom. The molecule has 8 heteroatoms. The topological polar surface area (TPSA) is 117 Å². The first-order chi connectivity index (χ1) is 18.0. The van der Waals surface area contributed by atoms with Crippen LogP contribution < -0.4 is 5.14 Å². The van der Waals surface area contributed by atoms with E-state index in [1.165, 1.54) is 12.1 Å². The summed E-state index contributed by atoms with van der Waals surface area (Å²) in [5, 5.41) is 26.0. The summed E-state index contributed by atoms with van der Waals surface area (Å²) < 4.78 is 17.3. The Kier molecular flexibility index (Phi) is 7.81. The summed E-state index contributed by atoms with van der Waals surface area (Å²) in [7, 11) is -3.68. The van der Waals surface area contributed by atoms with E-state index in [1.54, 1.807) is 32.0 Å². The minimum atomic E-state index is -3.68. The van der Waals surface area contributed by atoms with Gasteiger partial charge < -0.3 is 5.11 Å². The first-order valence-corrected chi connectivity index (χ1v) is 13.7. The Hall–Kier alpha value is -3.80. The maximum atomic E-state index is 13.4. The number of carbonyl (C=O) groups excluding carboxylic acids is 1. The van der Waals surface area contributed by atoms with E-state index in [0.717, 1.165) is 11.1 Å². The number of rotatable bonds is 6. The molecule has 0 aliphatic heterocycles. The molecule has 38 heavy (non-hydrogen) atoms. The van der Waals surface area contributed by atoms with Gasteiger partial charge in [0.15, 0.2) is 0 Å². The lowest BCUT2D eigenvalue weighted by Crippen LogP contribution is -2.19. The van der Waals surface area contributed by atoms with Gasteiger partial charge in [0.25, 0.3) is 5.91 Å². The van der Waals surface area contributed by atoms with Gasteiger partial charge in [0, 0.05) is 0 Å². The van der Waals surface area contributed by atoms with Crippen LogP contribution in [0.15, 0.2) is 100 Å². The van der Waals surface area contributed by atoms with Crippen molar-refractivity contribution in [1.29, 1.82) is 5.26 Å². The van der Waals surface area contributed by atoms with E-state index in [1.807, 2.05) is 60.7 Å². The van der Waals surface area contributed by atoms with Gasteiger partial charge in [-0.05, 0) is 71.5 Å². The molecule has 0 saturated carbocycles. The molecule has 0 aliphatic rings. The molecule has 4 aromatic rings. The number of aliphatic hydroxyl groups is 1. The van der Waals surface area contributed by atoms with Crippen molar-refractivity contribution in [2.45, 2.75) is 30.8 Å². The molecule has 0 bridgehead atoms. The molecule has 0 radical (unpaired) electrons. The van der Waals surface area contributed by atoms with E-state index >= 15 is 0 Å². The van der Waals surface area contributed by atoms with Crippen LogP contribution in [0.2, 0.25) is 5.02 Å². The Bertz CT molecular complexity index is 1600. The molecule has 0 spiro atoms. The normalized spacial score (nSPS) is 12.8. The minimum Gasteiger partial charge on any atom is -0.386 e. The van der Waals surface area contributed by atoms with Crippen molar-refractivity contribution < 1.29 is 14.1 Å². The van der Waals surface area contributed by atoms with Gasteiger partial charge in [-0.3, -0.25) is 4.79 Å². The highest BCUT2D eigenvalue weighted by Gasteiger charge is 2.22. The molecule has 1 amide bonds. The fourth-order valence-electron chi connectivity index (χ4n) is 4.18. The minimum absolute atomic E-state index is 0.00640. The summed E-state index contributed by atoms with van der Waals surface area (Å²) >= 11 is 6.34. The average molecular weight is 544 g/mol. The fraction of sp³-hybridized carbons (Fsp3) is 0.133. The van der Waals surface area contributed by atoms with Crippen LogP contribution in [0.25, 0.3) is 22.3 Å². The SMILES string of the molecule is CC(C)(O)c1ccc(S(N)(=O)=NC(=O)Cc2c(-c3ccccc3)cc(C#N)cc2-c2ccccc2)c(Cl)c1. The van der Waals surface area contributed by atoms with Crippen molar-refractivity contribution in [2.24, 2.45) is 9.50 Å². The third-order valence-electron chi connectivity index (χ3n) is 6.07. The second-order valence-electron chi connectivity index (χ2n) is 9.33. The Labute approximate surface area is 227 Å².